The van der Waals surface area contributed by atoms with Crippen molar-refractivity contribution in [1.29, 1.82) is 0 Å². The van der Waals surface area contributed by atoms with E-state index in [-0.39, 0.29) is 11.5 Å². The highest BCUT2D eigenvalue weighted by molar-refractivity contribution is 5.42. The summed E-state index contributed by atoms with van der Waals surface area (Å²) in [6.45, 7) is 1.55. The van der Waals surface area contributed by atoms with Crippen molar-refractivity contribution in [2.24, 2.45) is 0 Å². The second kappa shape index (κ2) is 3.24. The Balaban J connectivity index is 3.10. The SMILES string of the molecule is CNC(C)(O)c1ccc(O)c(O)c1. The predicted molar refractivity (Wildman–Crippen MR) is 48.4 cm³/mol. The maximum atomic E-state index is 9.71. The van der Waals surface area contributed by atoms with Gasteiger partial charge in [0.2, 0.25) is 0 Å². The molecule has 13 heavy (non-hydrogen) atoms. The summed E-state index contributed by atoms with van der Waals surface area (Å²) in [6.07, 6.45) is 0. The van der Waals surface area contributed by atoms with Crippen LogP contribution in [-0.4, -0.2) is 22.4 Å². The topological polar surface area (TPSA) is 72.7 Å². The van der Waals surface area contributed by atoms with Gasteiger partial charge in [-0.25, -0.2) is 0 Å². The number of phenols is 2. The Morgan fingerprint density at radius 1 is 1.23 bits per heavy atom. The van der Waals surface area contributed by atoms with Crippen LogP contribution in [0.5, 0.6) is 11.5 Å². The van der Waals surface area contributed by atoms with Gasteiger partial charge >= 0.3 is 0 Å². The highest BCUT2D eigenvalue weighted by atomic mass is 16.3. The number of phenolic OH excluding ortho intramolecular Hbond substituents is 2. The highest BCUT2D eigenvalue weighted by Gasteiger charge is 2.20. The summed E-state index contributed by atoms with van der Waals surface area (Å²) in [4.78, 5) is 0. The van der Waals surface area contributed by atoms with Crippen molar-refractivity contribution < 1.29 is 15.3 Å². The zero-order valence-electron chi connectivity index (χ0n) is 7.57. The molecule has 0 amide bonds. The van der Waals surface area contributed by atoms with Crippen LogP contribution in [0.4, 0.5) is 0 Å². The predicted octanol–water partition coefficient (Wildman–Crippen LogP) is 0.482. The molecule has 4 nitrogen and oxygen atoms in total. The van der Waals surface area contributed by atoms with E-state index in [1.54, 1.807) is 14.0 Å². The lowest BCUT2D eigenvalue weighted by Gasteiger charge is -2.23. The van der Waals surface area contributed by atoms with Gasteiger partial charge in [-0.15, -0.1) is 0 Å². The lowest BCUT2D eigenvalue weighted by molar-refractivity contribution is 0.0280. The van der Waals surface area contributed by atoms with Crippen molar-refractivity contribution >= 4 is 0 Å². The molecule has 0 fully saturated rings. The molecule has 4 heteroatoms. The Bertz CT molecular complexity index is 310. The Hall–Kier alpha value is -1.26. The Morgan fingerprint density at radius 2 is 1.85 bits per heavy atom. The monoisotopic (exact) mass is 183 g/mol. The highest BCUT2D eigenvalue weighted by Crippen LogP contribution is 2.28. The van der Waals surface area contributed by atoms with E-state index in [9.17, 15) is 10.2 Å². The number of aliphatic hydroxyl groups is 1. The van der Waals surface area contributed by atoms with E-state index < -0.39 is 5.72 Å². The van der Waals surface area contributed by atoms with Gasteiger partial charge in [0.15, 0.2) is 11.5 Å². The average molecular weight is 183 g/mol. The van der Waals surface area contributed by atoms with Gasteiger partial charge in [-0.3, -0.25) is 5.32 Å². The van der Waals surface area contributed by atoms with Crippen LogP contribution in [0.2, 0.25) is 0 Å². The molecule has 0 saturated carbocycles. The molecule has 1 atom stereocenters. The van der Waals surface area contributed by atoms with Crippen LogP contribution in [-0.2, 0) is 5.72 Å². The van der Waals surface area contributed by atoms with Crippen LogP contribution in [0.25, 0.3) is 0 Å². The van der Waals surface area contributed by atoms with E-state index >= 15 is 0 Å². The number of hydrogen-bond acceptors (Lipinski definition) is 4. The molecule has 72 valence electrons. The maximum absolute atomic E-state index is 9.71. The third kappa shape index (κ3) is 1.91. The van der Waals surface area contributed by atoms with Crippen LogP contribution in [0.1, 0.15) is 12.5 Å². The first-order chi connectivity index (χ1) is 5.97. The summed E-state index contributed by atoms with van der Waals surface area (Å²) >= 11 is 0. The fourth-order valence-corrected chi connectivity index (χ4v) is 0.971. The molecule has 1 aromatic rings. The summed E-state index contributed by atoms with van der Waals surface area (Å²) in [5.74, 6) is -0.441. The largest absolute Gasteiger partial charge is 0.504 e. The van der Waals surface area contributed by atoms with Gasteiger partial charge in [0.1, 0.15) is 5.72 Å². The zero-order chi connectivity index (χ0) is 10.1. The molecule has 0 aromatic heterocycles. The quantitative estimate of drug-likeness (QED) is 0.397. The summed E-state index contributed by atoms with van der Waals surface area (Å²) in [6, 6.07) is 4.17. The van der Waals surface area contributed by atoms with Gasteiger partial charge in [-0.2, -0.15) is 0 Å². The maximum Gasteiger partial charge on any atom is 0.157 e. The number of aromatic hydroxyl groups is 2. The van der Waals surface area contributed by atoms with Gasteiger partial charge in [-0.05, 0) is 26.1 Å². The molecular weight excluding hydrogens is 170 g/mol. The molecule has 0 spiro atoms. The van der Waals surface area contributed by atoms with Gasteiger partial charge in [0.25, 0.3) is 0 Å². The second-order valence-electron chi connectivity index (χ2n) is 3.03. The molecule has 0 aliphatic carbocycles. The molecule has 1 rings (SSSR count). The van der Waals surface area contributed by atoms with Crippen LogP contribution in [0.3, 0.4) is 0 Å². The van der Waals surface area contributed by atoms with Crippen LogP contribution in [0.15, 0.2) is 18.2 Å². The van der Waals surface area contributed by atoms with E-state index in [2.05, 4.69) is 5.32 Å². The minimum Gasteiger partial charge on any atom is -0.504 e. The molecular formula is C9H13NO3. The molecule has 0 radical (unpaired) electrons. The summed E-state index contributed by atoms with van der Waals surface area (Å²) in [5, 5.41) is 30.6. The second-order valence-corrected chi connectivity index (χ2v) is 3.03. The van der Waals surface area contributed by atoms with E-state index in [4.69, 9.17) is 5.11 Å². The Morgan fingerprint density at radius 3 is 2.31 bits per heavy atom. The molecule has 0 aliphatic rings. The van der Waals surface area contributed by atoms with Gasteiger partial charge < -0.3 is 15.3 Å². The standard InChI is InChI=1S/C9H13NO3/c1-9(13,10-2)6-3-4-7(11)8(12)5-6/h3-5,10-13H,1-2H3. The molecule has 0 aliphatic heterocycles. The number of hydrogen-bond donors (Lipinski definition) is 4. The fraction of sp³-hybridized carbons (Fsp3) is 0.333. The van der Waals surface area contributed by atoms with E-state index in [0.717, 1.165) is 0 Å². The average Bonchev–Trinajstić information content (AvgIpc) is 2.09. The lowest BCUT2D eigenvalue weighted by Crippen LogP contribution is -2.36. The first kappa shape index (κ1) is 9.83. The third-order valence-corrected chi connectivity index (χ3v) is 2.02. The first-order valence-electron chi connectivity index (χ1n) is 3.91. The van der Waals surface area contributed by atoms with Crippen molar-refractivity contribution in [2.45, 2.75) is 12.6 Å². The molecule has 0 bridgehead atoms. The molecule has 0 heterocycles. The van der Waals surface area contributed by atoms with Crippen molar-refractivity contribution in [3.63, 3.8) is 0 Å². The number of nitrogens with one attached hydrogen (secondary N) is 1. The van der Waals surface area contributed by atoms with Gasteiger partial charge in [0.05, 0.1) is 0 Å². The van der Waals surface area contributed by atoms with Crippen molar-refractivity contribution in [3.05, 3.63) is 23.8 Å². The summed E-state index contributed by atoms with van der Waals surface area (Å²) < 4.78 is 0. The van der Waals surface area contributed by atoms with Crippen LogP contribution < -0.4 is 5.32 Å². The molecule has 1 unspecified atom stereocenters. The third-order valence-electron chi connectivity index (χ3n) is 2.02. The minimum atomic E-state index is -1.20. The van der Waals surface area contributed by atoms with E-state index in [1.165, 1.54) is 18.2 Å². The van der Waals surface area contributed by atoms with Gasteiger partial charge in [-0.1, -0.05) is 6.07 Å². The minimum absolute atomic E-state index is 0.198. The van der Waals surface area contributed by atoms with Crippen molar-refractivity contribution in [2.75, 3.05) is 7.05 Å². The normalized spacial score (nSPS) is 15.3. The van der Waals surface area contributed by atoms with E-state index in [0.29, 0.717) is 5.56 Å². The number of rotatable bonds is 2. The smallest absolute Gasteiger partial charge is 0.157 e. The van der Waals surface area contributed by atoms with E-state index in [1.807, 2.05) is 0 Å². The van der Waals surface area contributed by atoms with Crippen molar-refractivity contribution in [3.8, 4) is 11.5 Å². The molecule has 4 N–H and O–H groups in total. The van der Waals surface area contributed by atoms with Crippen molar-refractivity contribution in [1.82, 2.24) is 5.32 Å². The summed E-state index contributed by atoms with van der Waals surface area (Å²) in [5.41, 5.74) is -0.712. The molecule has 1 aromatic carbocycles. The number of benzene rings is 1. The lowest BCUT2D eigenvalue weighted by atomic mass is 10.0. The molecule has 0 saturated heterocycles. The summed E-state index contributed by atoms with van der Waals surface area (Å²) in [7, 11) is 1.60. The van der Waals surface area contributed by atoms with Crippen LogP contribution in [0, 0.1) is 0 Å². The van der Waals surface area contributed by atoms with Crippen LogP contribution >= 0.6 is 0 Å². The van der Waals surface area contributed by atoms with Gasteiger partial charge in [0, 0.05) is 5.56 Å². The fourth-order valence-electron chi connectivity index (χ4n) is 0.971. The Kier molecular flexibility index (Phi) is 2.45. The first-order valence-corrected chi connectivity index (χ1v) is 3.91. The zero-order valence-corrected chi connectivity index (χ0v) is 7.57. The Labute approximate surface area is 76.5 Å².